The Balaban J connectivity index is 1.83. The second-order valence-electron chi connectivity index (χ2n) is 5.49. The lowest BCUT2D eigenvalue weighted by Crippen LogP contribution is -2.45. The third-order valence-electron chi connectivity index (χ3n) is 4.00. The molecule has 1 saturated carbocycles. The van der Waals surface area contributed by atoms with Crippen LogP contribution in [0.5, 0.6) is 0 Å². The fourth-order valence-corrected chi connectivity index (χ4v) is 3.35. The fraction of sp³-hybridized carbons (Fsp3) is 0.923. The van der Waals surface area contributed by atoms with E-state index in [9.17, 15) is 4.79 Å². The van der Waals surface area contributed by atoms with Crippen molar-refractivity contribution in [2.75, 3.05) is 13.6 Å². The van der Waals surface area contributed by atoms with E-state index >= 15 is 0 Å². The molecule has 0 unspecified atom stereocenters. The van der Waals surface area contributed by atoms with Gasteiger partial charge in [-0.1, -0.05) is 25.7 Å². The smallest absolute Gasteiger partial charge is 0.237 e. The van der Waals surface area contributed by atoms with E-state index in [1.54, 1.807) is 0 Å². The molecule has 0 aromatic carbocycles. The van der Waals surface area contributed by atoms with Crippen LogP contribution >= 0.6 is 11.6 Å². The highest BCUT2D eigenvalue weighted by atomic mass is 35.5. The summed E-state index contributed by atoms with van der Waals surface area (Å²) < 4.78 is 0. The summed E-state index contributed by atoms with van der Waals surface area (Å²) in [6.45, 7) is 0.824. The van der Waals surface area contributed by atoms with Gasteiger partial charge in [0.25, 0.3) is 0 Å². The molecule has 1 N–H and O–H groups in total. The number of halogens is 1. The first-order chi connectivity index (χ1) is 8.16. The zero-order valence-corrected chi connectivity index (χ0v) is 11.4. The van der Waals surface area contributed by atoms with Crippen LogP contribution in [0.1, 0.15) is 44.9 Å². The maximum atomic E-state index is 12.2. The molecule has 1 aliphatic heterocycles. The molecule has 98 valence electrons. The predicted octanol–water partition coefficient (Wildman–Crippen LogP) is 2.14. The van der Waals surface area contributed by atoms with Crippen molar-refractivity contribution < 1.29 is 4.79 Å². The Kier molecular flexibility index (Phi) is 4.69. The van der Waals surface area contributed by atoms with Crippen LogP contribution in [0.2, 0.25) is 0 Å². The van der Waals surface area contributed by atoms with E-state index in [1.807, 2.05) is 7.05 Å². The van der Waals surface area contributed by atoms with Gasteiger partial charge in [0.2, 0.25) is 5.91 Å². The van der Waals surface area contributed by atoms with Gasteiger partial charge in [-0.05, 0) is 26.3 Å². The van der Waals surface area contributed by atoms with Gasteiger partial charge < -0.3 is 5.32 Å². The summed E-state index contributed by atoms with van der Waals surface area (Å²) in [5, 5.41) is 3.34. The number of alkyl halides is 1. The Morgan fingerprint density at radius 2 is 1.88 bits per heavy atom. The van der Waals surface area contributed by atoms with E-state index in [1.165, 1.54) is 25.7 Å². The van der Waals surface area contributed by atoms with Crippen LogP contribution in [0.15, 0.2) is 0 Å². The molecule has 1 amide bonds. The molecule has 2 fully saturated rings. The Morgan fingerprint density at radius 1 is 1.24 bits per heavy atom. The second-order valence-corrected chi connectivity index (χ2v) is 6.10. The summed E-state index contributed by atoms with van der Waals surface area (Å²) in [7, 11) is 1.99. The van der Waals surface area contributed by atoms with E-state index in [2.05, 4.69) is 10.2 Å². The van der Waals surface area contributed by atoms with Gasteiger partial charge in [-0.25, -0.2) is 0 Å². The van der Waals surface area contributed by atoms with Crippen molar-refractivity contribution in [3.05, 3.63) is 0 Å². The van der Waals surface area contributed by atoms with E-state index < -0.39 is 0 Å². The lowest BCUT2D eigenvalue weighted by Gasteiger charge is -2.22. The predicted molar refractivity (Wildman–Crippen MR) is 70.3 cm³/mol. The maximum Gasteiger partial charge on any atom is 0.237 e. The number of likely N-dealkylation sites (tertiary alicyclic amines) is 1. The summed E-state index contributed by atoms with van der Waals surface area (Å²) in [6.07, 6.45) is 8.22. The monoisotopic (exact) mass is 258 g/mol. The number of hydrogen-bond acceptors (Lipinski definition) is 2. The molecule has 1 aliphatic carbocycles. The normalized spacial score (nSPS) is 32.4. The highest BCUT2D eigenvalue weighted by Crippen LogP contribution is 2.22. The molecule has 2 atom stereocenters. The standard InChI is InChI=1S/C13H23ClN2O/c1-16-9-10(14)8-12(16)13(17)15-11-6-4-2-3-5-7-11/h10-12H,2-9H2,1H3,(H,15,17)/t10-,12-/m0/s1. The minimum atomic E-state index is -0.0132. The molecular formula is C13H23ClN2O. The van der Waals surface area contributed by atoms with Gasteiger partial charge in [0.15, 0.2) is 0 Å². The molecule has 0 radical (unpaired) electrons. The summed E-state index contributed by atoms with van der Waals surface area (Å²) in [5.41, 5.74) is 0. The summed E-state index contributed by atoms with van der Waals surface area (Å²) in [6, 6.07) is 0.383. The molecule has 2 rings (SSSR count). The van der Waals surface area contributed by atoms with Crippen molar-refractivity contribution in [2.45, 2.75) is 62.4 Å². The summed E-state index contributed by atoms with van der Waals surface area (Å²) in [4.78, 5) is 14.2. The summed E-state index contributed by atoms with van der Waals surface area (Å²) >= 11 is 6.09. The SMILES string of the molecule is CN1C[C@@H](Cl)C[C@H]1C(=O)NC1CCCCCC1. The van der Waals surface area contributed by atoms with E-state index in [4.69, 9.17) is 11.6 Å². The average molecular weight is 259 g/mol. The minimum absolute atomic E-state index is 0.0132. The third-order valence-corrected chi connectivity index (χ3v) is 4.32. The van der Waals surface area contributed by atoms with E-state index in [0.29, 0.717) is 6.04 Å². The Labute approximate surface area is 109 Å². The minimum Gasteiger partial charge on any atom is -0.352 e. The zero-order valence-electron chi connectivity index (χ0n) is 10.6. The van der Waals surface area contributed by atoms with Gasteiger partial charge in [-0.15, -0.1) is 11.6 Å². The average Bonchev–Trinajstić information content (AvgIpc) is 2.51. The third kappa shape index (κ3) is 3.59. The number of nitrogens with zero attached hydrogens (tertiary/aromatic N) is 1. The van der Waals surface area contributed by atoms with Gasteiger partial charge in [0, 0.05) is 18.0 Å². The molecule has 17 heavy (non-hydrogen) atoms. The number of nitrogens with one attached hydrogen (secondary N) is 1. The van der Waals surface area contributed by atoms with E-state index in [0.717, 1.165) is 25.8 Å². The molecule has 1 heterocycles. The molecule has 2 aliphatic rings. The molecule has 3 nitrogen and oxygen atoms in total. The maximum absolute atomic E-state index is 12.2. The molecule has 1 saturated heterocycles. The first kappa shape index (κ1) is 13.2. The number of carbonyl (C=O) groups excluding carboxylic acids is 1. The van der Waals surface area contributed by atoms with Crippen LogP contribution in [-0.4, -0.2) is 41.9 Å². The molecule has 0 spiro atoms. The van der Waals surface area contributed by atoms with Gasteiger partial charge >= 0.3 is 0 Å². The highest BCUT2D eigenvalue weighted by Gasteiger charge is 2.34. The Bertz CT molecular complexity index is 264. The number of hydrogen-bond donors (Lipinski definition) is 1. The zero-order chi connectivity index (χ0) is 12.3. The van der Waals surface area contributed by atoms with Crippen molar-refractivity contribution in [2.24, 2.45) is 0 Å². The first-order valence-corrected chi connectivity index (χ1v) is 7.25. The van der Waals surface area contributed by atoms with Crippen molar-refractivity contribution in [1.29, 1.82) is 0 Å². The van der Waals surface area contributed by atoms with Crippen molar-refractivity contribution in [3.8, 4) is 0 Å². The van der Waals surface area contributed by atoms with Crippen LogP contribution < -0.4 is 5.32 Å². The van der Waals surface area contributed by atoms with Crippen molar-refractivity contribution in [1.82, 2.24) is 10.2 Å². The van der Waals surface area contributed by atoms with Gasteiger partial charge in [0.1, 0.15) is 0 Å². The number of rotatable bonds is 2. The van der Waals surface area contributed by atoms with Crippen LogP contribution in [0, 0.1) is 0 Å². The first-order valence-electron chi connectivity index (χ1n) is 6.81. The summed E-state index contributed by atoms with van der Waals surface area (Å²) in [5.74, 6) is 0.183. The van der Waals surface area contributed by atoms with Gasteiger partial charge in [0.05, 0.1) is 6.04 Å². The molecule has 4 heteroatoms. The van der Waals surface area contributed by atoms with Crippen molar-refractivity contribution >= 4 is 17.5 Å². The van der Waals surface area contributed by atoms with Crippen molar-refractivity contribution in [3.63, 3.8) is 0 Å². The quantitative estimate of drug-likeness (QED) is 0.608. The van der Waals surface area contributed by atoms with Crippen LogP contribution in [0.25, 0.3) is 0 Å². The van der Waals surface area contributed by atoms with Crippen LogP contribution in [-0.2, 0) is 4.79 Å². The Hall–Kier alpha value is -0.280. The fourth-order valence-electron chi connectivity index (χ4n) is 2.96. The second kappa shape index (κ2) is 6.05. The molecule has 0 bridgehead atoms. The van der Waals surface area contributed by atoms with E-state index in [-0.39, 0.29) is 17.3 Å². The number of likely N-dealkylation sites (N-methyl/N-ethyl adjacent to an activating group) is 1. The topological polar surface area (TPSA) is 32.3 Å². The molecular weight excluding hydrogens is 236 g/mol. The van der Waals surface area contributed by atoms with Gasteiger partial charge in [-0.3, -0.25) is 9.69 Å². The molecule has 0 aromatic rings. The largest absolute Gasteiger partial charge is 0.352 e. The Morgan fingerprint density at radius 3 is 2.41 bits per heavy atom. The van der Waals surface area contributed by atoms with Crippen LogP contribution in [0.4, 0.5) is 0 Å². The molecule has 0 aromatic heterocycles. The van der Waals surface area contributed by atoms with Crippen LogP contribution in [0.3, 0.4) is 0 Å². The number of amides is 1. The van der Waals surface area contributed by atoms with Gasteiger partial charge in [-0.2, -0.15) is 0 Å². The highest BCUT2D eigenvalue weighted by molar-refractivity contribution is 6.21. The number of carbonyl (C=O) groups is 1. The lowest BCUT2D eigenvalue weighted by molar-refractivity contribution is -0.125. The lowest BCUT2D eigenvalue weighted by atomic mass is 10.1.